The zero-order valence-electron chi connectivity index (χ0n) is 32.3. The summed E-state index contributed by atoms with van der Waals surface area (Å²) in [6.07, 6.45) is 2.69. The van der Waals surface area contributed by atoms with Crippen LogP contribution in [0.4, 0.5) is 9.18 Å². The number of imidazole rings is 2. The Morgan fingerprint density at radius 2 is 1.71 bits per heavy atom. The summed E-state index contributed by atoms with van der Waals surface area (Å²) in [6.45, 7) is 10.9. The van der Waals surface area contributed by atoms with Crippen molar-refractivity contribution in [3.63, 3.8) is 0 Å². The molecule has 13 heteroatoms. The Morgan fingerprint density at radius 3 is 2.40 bits per heavy atom. The van der Waals surface area contributed by atoms with E-state index in [9.17, 15) is 18.8 Å². The molecule has 3 N–H and O–H groups in total. The fourth-order valence-corrected chi connectivity index (χ4v) is 7.96. The Morgan fingerprint density at radius 1 is 0.964 bits per heavy atom. The van der Waals surface area contributed by atoms with Crippen LogP contribution in [0.15, 0.2) is 48.7 Å². The molecule has 290 valence electrons. The largest absolute Gasteiger partial charge is 0.453 e. The molecule has 0 saturated carbocycles. The van der Waals surface area contributed by atoms with Gasteiger partial charge in [-0.05, 0) is 55.0 Å². The summed E-state index contributed by atoms with van der Waals surface area (Å²) in [5.74, 6) is 7.32. The summed E-state index contributed by atoms with van der Waals surface area (Å²) in [6, 6.07) is 12.0. The highest BCUT2D eigenvalue weighted by Gasteiger charge is 2.51. The quantitative estimate of drug-likeness (QED) is 0.175. The van der Waals surface area contributed by atoms with E-state index in [-0.39, 0.29) is 48.6 Å². The number of rotatable bonds is 8. The van der Waals surface area contributed by atoms with Crippen molar-refractivity contribution in [3.8, 4) is 23.1 Å². The van der Waals surface area contributed by atoms with Crippen molar-refractivity contribution in [1.82, 2.24) is 35.1 Å². The van der Waals surface area contributed by atoms with Crippen molar-refractivity contribution in [1.29, 1.82) is 0 Å². The van der Waals surface area contributed by atoms with Gasteiger partial charge in [0.15, 0.2) is 0 Å². The fraction of sp³-hybridized carbons (Fsp3) is 0.500. The monoisotopic (exact) mass is 751 g/mol. The normalized spacial score (nSPS) is 23.4. The molecule has 3 aliphatic heterocycles. The average Bonchev–Trinajstić information content (AvgIpc) is 4.03. The summed E-state index contributed by atoms with van der Waals surface area (Å²) in [7, 11) is 1.29. The van der Waals surface area contributed by atoms with E-state index in [0.29, 0.717) is 36.9 Å². The van der Waals surface area contributed by atoms with Crippen molar-refractivity contribution in [2.24, 2.45) is 17.8 Å². The van der Waals surface area contributed by atoms with Gasteiger partial charge in [-0.3, -0.25) is 9.59 Å². The maximum absolute atomic E-state index is 14.5. The highest BCUT2D eigenvalue weighted by atomic mass is 19.1. The van der Waals surface area contributed by atoms with Crippen molar-refractivity contribution >= 4 is 28.9 Å². The van der Waals surface area contributed by atoms with Crippen LogP contribution in [-0.2, 0) is 19.1 Å². The van der Waals surface area contributed by atoms with E-state index in [2.05, 4.69) is 27.1 Å². The number of benzene rings is 2. The first-order valence-corrected chi connectivity index (χ1v) is 19.3. The number of hydrogen-bond acceptors (Lipinski definition) is 7. The molecular weight excluding hydrogens is 702 g/mol. The van der Waals surface area contributed by atoms with Gasteiger partial charge in [0.25, 0.3) is 0 Å². The number of halogens is 1. The van der Waals surface area contributed by atoms with Crippen LogP contribution in [0, 0.1) is 29.6 Å². The van der Waals surface area contributed by atoms with E-state index in [1.807, 2.05) is 77.1 Å². The molecule has 3 amide bonds. The third-order valence-electron chi connectivity index (χ3n) is 11.4. The average molecular weight is 752 g/mol. The number of alkyl halides is 1. The number of H-pyrrole nitrogens is 2. The Balaban J connectivity index is 1.06. The minimum absolute atomic E-state index is 0.0428. The van der Waals surface area contributed by atoms with E-state index in [0.717, 1.165) is 40.6 Å². The van der Waals surface area contributed by atoms with Gasteiger partial charge in [-0.25, -0.2) is 19.2 Å². The number of hydrogen-bond donors (Lipinski definition) is 3. The zero-order chi connectivity index (χ0) is 39.0. The zero-order valence-corrected chi connectivity index (χ0v) is 32.3. The molecule has 4 aromatic rings. The first-order valence-electron chi connectivity index (χ1n) is 19.3. The van der Waals surface area contributed by atoms with Gasteiger partial charge in [0.05, 0.1) is 54.6 Å². The first-order chi connectivity index (χ1) is 26.3. The molecule has 0 bridgehead atoms. The number of carbonyl (C=O) groups is 3. The highest BCUT2D eigenvalue weighted by molar-refractivity contribution is 5.87. The van der Waals surface area contributed by atoms with Crippen LogP contribution >= 0.6 is 0 Å². The van der Waals surface area contributed by atoms with Gasteiger partial charge in [0.1, 0.15) is 23.9 Å². The van der Waals surface area contributed by atoms with Gasteiger partial charge in [-0.1, -0.05) is 58.6 Å². The second-order valence-electron chi connectivity index (χ2n) is 15.9. The van der Waals surface area contributed by atoms with Crippen LogP contribution in [0.2, 0.25) is 0 Å². The van der Waals surface area contributed by atoms with Crippen molar-refractivity contribution in [2.45, 2.75) is 90.2 Å². The van der Waals surface area contributed by atoms with Crippen LogP contribution in [-0.4, -0.2) is 92.3 Å². The summed E-state index contributed by atoms with van der Waals surface area (Å²) in [5.41, 5.74) is 4.33. The maximum Gasteiger partial charge on any atom is 0.407 e. The van der Waals surface area contributed by atoms with Crippen LogP contribution in [0.5, 0.6) is 0 Å². The number of amides is 3. The Hall–Kier alpha value is -5.22. The van der Waals surface area contributed by atoms with E-state index < -0.39 is 29.9 Å². The summed E-state index contributed by atoms with van der Waals surface area (Å²) >= 11 is 0. The molecule has 12 nitrogen and oxygen atoms in total. The highest BCUT2D eigenvalue weighted by Crippen LogP contribution is 2.45. The SMILES string of the molecule is COC(=O)N[C@H](C(=O)N1C[C@]2(CCCO2)C[C@H]1c1nc2cc(C#Cc3ccc(-c4c[nH]c([C@@H]5C[C@H](F)CN5C(=O)[C@@H](C)C(C)C)n4)cc3)ccc2[nH]1)C(C)C. The van der Waals surface area contributed by atoms with E-state index >= 15 is 0 Å². The molecule has 6 atom stereocenters. The Bertz CT molecular complexity index is 2110. The number of aromatic amines is 2. The summed E-state index contributed by atoms with van der Waals surface area (Å²) in [4.78, 5) is 59.1. The number of carbonyl (C=O) groups excluding carboxylic acids is 3. The third kappa shape index (κ3) is 7.83. The van der Waals surface area contributed by atoms with Crippen LogP contribution < -0.4 is 5.32 Å². The van der Waals surface area contributed by atoms with Gasteiger partial charge >= 0.3 is 6.09 Å². The fourth-order valence-electron chi connectivity index (χ4n) is 7.96. The molecule has 5 heterocycles. The molecule has 0 radical (unpaired) electrons. The van der Waals surface area contributed by atoms with Gasteiger partial charge in [-0.15, -0.1) is 0 Å². The molecule has 0 unspecified atom stereocenters. The van der Waals surface area contributed by atoms with Crippen LogP contribution in [0.1, 0.15) is 95.2 Å². The third-order valence-corrected chi connectivity index (χ3v) is 11.4. The number of likely N-dealkylation sites (tertiary alicyclic amines) is 2. The number of alkyl carbamates (subject to hydrolysis) is 1. The molecule has 2 aromatic heterocycles. The maximum atomic E-state index is 14.5. The smallest absolute Gasteiger partial charge is 0.407 e. The topological polar surface area (TPSA) is 146 Å². The molecule has 2 aromatic carbocycles. The molecule has 55 heavy (non-hydrogen) atoms. The minimum atomic E-state index is -1.08. The van der Waals surface area contributed by atoms with Gasteiger partial charge in [0.2, 0.25) is 11.8 Å². The molecule has 1 spiro atoms. The molecule has 3 saturated heterocycles. The van der Waals surface area contributed by atoms with Crippen molar-refractivity contribution in [2.75, 3.05) is 26.8 Å². The summed E-state index contributed by atoms with van der Waals surface area (Å²) < 4.78 is 25.6. The molecule has 3 fully saturated rings. The summed E-state index contributed by atoms with van der Waals surface area (Å²) in [5, 5.41) is 2.72. The Labute approximate surface area is 321 Å². The molecule has 0 aliphatic carbocycles. The molecular formula is C42H50FN7O5. The lowest BCUT2D eigenvalue weighted by Crippen LogP contribution is -2.51. The van der Waals surface area contributed by atoms with E-state index in [4.69, 9.17) is 19.4 Å². The Kier molecular flexibility index (Phi) is 10.7. The van der Waals surface area contributed by atoms with Crippen molar-refractivity contribution in [3.05, 3.63) is 71.4 Å². The van der Waals surface area contributed by atoms with Crippen LogP contribution in [0.3, 0.4) is 0 Å². The second-order valence-corrected chi connectivity index (χ2v) is 15.9. The standard InChI is InChI=1S/C42H50FN7O5/c1-24(2)26(5)39(51)49-22-30(43)19-34(49)37-44-21-33(47-37)29-13-10-27(11-14-29)8-9-28-12-15-31-32(18-28)46-38(45-31)35-20-42(16-7-17-55-42)23-50(35)40(52)36(25(3)4)48-41(53)54-6/h10-15,18,21,24-26,30,34-36H,7,16-17,19-20,22-23H2,1-6H3,(H,44,47)(H,45,46)(H,48,53)/t26-,30-,34-,35-,36-,42-/m0/s1. The van der Waals surface area contributed by atoms with Gasteiger partial charge in [0, 0.05) is 48.3 Å². The van der Waals surface area contributed by atoms with E-state index in [1.165, 1.54) is 7.11 Å². The number of ether oxygens (including phenoxy) is 2. The second kappa shape index (κ2) is 15.5. The molecule has 7 rings (SSSR count). The number of nitrogens with one attached hydrogen (secondary N) is 3. The lowest BCUT2D eigenvalue weighted by Gasteiger charge is -2.30. The van der Waals surface area contributed by atoms with Crippen LogP contribution in [0.25, 0.3) is 22.3 Å². The number of methoxy groups -OCH3 is 1. The van der Waals surface area contributed by atoms with E-state index in [1.54, 1.807) is 16.0 Å². The lowest BCUT2D eigenvalue weighted by molar-refractivity contribution is -0.138. The predicted molar refractivity (Wildman–Crippen MR) is 205 cm³/mol. The van der Waals surface area contributed by atoms with Crippen molar-refractivity contribution < 1.29 is 28.2 Å². The van der Waals surface area contributed by atoms with Gasteiger partial charge in [-0.2, -0.15) is 0 Å². The lowest BCUT2D eigenvalue weighted by atomic mass is 9.96. The molecule has 3 aliphatic rings. The number of nitrogens with zero attached hydrogens (tertiary/aromatic N) is 4. The number of aromatic nitrogens is 4. The predicted octanol–water partition coefficient (Wildman–Crippen LogP) is 6.46. The first kappa shape index (κ1) is 38.1. The number of fused-ring (bicyclic) bond motifs is 1. The minimum Gasteiger partial charge on any atom is -0.453 e. The van der Waals surface area contributed by atoms with Gasteiger partial charge < -0.3 is 34.6 Å².